The molecule has 0 aromatic heterocycles. The van der Waals surface area contributed by atoms with E-state index in [0.29, 0.717) is 36.3 Å². The molecule has 2 atom stereocenters. The zero-order valence-electron chi connectivity index (χ0n) is 19.6. The minimum atomic E-state index is -0.131. The van der Waals surface area contributed by atoms with Crippen molar-refractivity contribution >= 4 is 35.8 Å². The molecule has 1 aliphatic heterocycles. The summed E-state index contributed by atoms with van der Waals surface area (Å²) < 4.78 is 11.3. The van der Waals surface area contributed by atoms with E-state index >= 15 is 0 Å². The van der Waals surface area contributed by atoms with Crippen LogP contribution in [0.1, 0.15) is 40.4 Å². The number of hydrogen-bond donors (Lipinski definition) is 3. The first kappa shape index (κ1) is 26.9. The molecule has 1 fully saturated rings. The third-order valence-electron chi connectivity index (χ3n) is 5.64. The van der Waals surface area contributed by atoms with E-state index in [1.807, 2.05) is 6.07 Å². The van der Waals surface area contributed by atoms with Crippen molar-refractivity contribution in [2.45, 2.75) is 25.9 Å². The zero-order chi connectivity index (χ0) is 22.8. The normalized spacial score (nSPS) is 18.1. The van der Waals surface area contributed by atoms with Gasteiger partial charge < -0.3 is 25.4 Å². The maximum absolute atomic E-state index is 12.3. The second kappa shape index (κ2) is 14.0. The van der Waals surface area contributed by atoms with Gasteiger partial charge in [0, 0.05) is 44.8 Å². The molecule has 1 amide bonds. The summed E-state index contributed by atoms with van der Waals surface area (Å²) in [5, 5.41) is 9.58. The maximum atomic E-state index is 12.3. The van der Waals surface area contributed by atoms with Crippen molar-refractivity contribution in [2.24, 2.45) is 10.9 Å². The first-order chi connectivity index (χ1) is 15.6. The van der Waals surface area contributed by atoms with Crippen molar-refractivity contribution < 1.29 is 14.3 Å². The highest BCUT2D eigenvalue weighted by Crippen LogP contribution is 2.33. The van der Waals surface area contributed by atoms with Gasteiger partial charge in [-0.3, -0.25) is 9.79 Å². The van der Waals surface area contributed by atoms with Crippen LogP contribution in [0.5, 0.6) is 5.75 Å². The van der Waals surface area contributed by atoms with Crippen molar-refractivity contribution in [3.05, 3.63) is 65.2 Å². The van der Waals surface area contributed by atoms with Crippen LogP contribution >= 0.6 is 24.0 Å². The Hall–Kier alpha value is -2.33. The largest absolute Gasteiger partial charge is 0.497 e. The molecule has 180 valence electrons. The van der Waals surface area contributed by atoms with Gasteiger partial charge in [-0.2, -0.15) is 0 Å². The Morgan fingerprint density at radius 3 is 2.61 bits per heavy atom. The smallest absolute Gasteiger partial charge is 0.251 e. The summed E-state index contributed by atoms with van der Waals surface area (Å²) in [6.45, 7) is 4.72. The first-order valence-corrected chi connectivity index (χ1v) is 11.2. The third-order valence-corrected chi connectivity index (χ3v) is 5.64. The van der Waals surface area contributed by atoms with Gasteiger partial charge in [-0.15, -0.1) is 24.0 Å². The number of ether oxygens (including phenoxy) is 2. The summed E-state index contributed by atoms with van der Waals surface area (Å²) >= 11 is 0. The van der Waals surface area contributed by atoms with Crippen LogP contribution in [0.3, 0.4) is 0 Å². The van der Waals surface area contributed by atoms with Gasteiger partial charge in [0.25, 0.3) is 5.91 Å². The van der Waals surface area contributed by atoms with Gasteiger partial charge in [0.15, 0.2) is 5.96 Å². The molecule has 1 aliphatic rings. The molecule has 0 aliphatic carbocycles. The Labute approximate surface area is 213 Å². The van der Waals surface area contributed by atoms with Gasteiger partial charge in [-0.1, -0.05) is 35.9 Å². The highest BCUT2D eigenvalue weighted by Gasteiger charge is 2.27. The monoisotopic (exact) mass is 566 g/mol. The quantitative estimate of drug-likeness (QED) is 0.197. The molecule has 1 saturated heterocycles. The van der Waals surface area contributed by atoms with Crippen LogP contribution in [0.2, 0.25) is 0 Å². The lowest BCUT2D eigenvalue weighted by Gasteiger charge is -2.32. The van der Waals surface area contributed by atoms with Gasteiger partial charge in [0.1, 0.15) is 5.75 Å². The molecule has 33 heavy (non-hydrogen) atoms. The molecule has 0 radical (unpaired) electrons. The van der Waals surface area contributed by atoms with E-state index < -0.39 is 0 Å². The van der Waals surface area contributed by atoms with E-state index in [4.69, 9.17) is 9.47 Å². The number of hydrogen-bond acceptors (Lipinski definition) is 4. The number of benzene rings is 2. The fourth-order valence-corrected chi connectivity index (χ4v) is 3.85. The number of halogens is 1. The Morgan fingerprint density at radius 2 is 1.88 bits per heavy atom. The average molecular weight is 566 g/mol. The molecule has 7 nitrogen and oxygen atoms in total. The van der Waals surface area contributed by atoms with Gasteiger partial charge in [-0.05, 0) is 43.5 Å². The van der Waals surface area contributed by atoms with Crippen molar-refractivity contribution in [3.8, 4) is 5.75 Å². The number of guanidine groups is 1. The summed E-state index contributed by atoms with van der Waals surface area (Å²) in [6, 6.07) is 15.7. The number of nitrogens with one attached hydrogen (secondary N) is 3. The fourth-order valence-electron chi connectivity index (χ4n) is 3.85. The molecule has 0 spiro atoms. The number of carbonyl (C=O) groups excluding carboxylic acids is 1. The molecule has 8 heteroatoms. The highest BCUT2D eigenvalue weighted by molar-refractivity contribution is 14.0. The number of carbonyl (C=O) groups is 1. The van der Waals surface area contributed by atoms with E-state index in [2.05, 4.69) is 52.1 Å². The topological polar surface area (TPSA) is 84.0 Å². The molecule has 3 rings (SSSR count). The standard InChI is InChI=1S/C25H34N4O3.HI/c1-18-9-11-19(12-10-18)23-21(7-5-15-32-23)17-29-25(26-2)28-14-13-27-24(30)20-6-4-8-22(16-20)31-3;/h4,6,8-12,16,21,23H,5,7,13-15,17H2,1-3H3,(H,27,30)(H2,26,28,29);1H. The molecule has 2 unspecified atom stereocenters. The average Bonchev–Trinajstić information content (AvgIpc) is 2.84. The van der Waals surface area contributed by atoms with E-state index in [1.165, 1.54) is 11.1 Å². The van der Waals surface area contributed by atoms with E-state index in [-0.39, 0.29) is 36.0 Å². The molecular weight excluding hydrogens is 531 g/mol. The van der Waals surface area contributed by atoms with E-state index in [9.17, 15) is 4.79 Å². The highest BCUT2D eigenvalue weighted by atomic mass is 127. The minimum absolute atomic E-state index is 0. The number of nitrogens with zero attached hydrogens (tertiary/aromatic N) is 1. The van der Waals surface area contributed by atoms with E-state index in [1.54, 1.807) is 32.4 Å². The lowest BCUT2D eigenvalue weighted by molar-refractivity contribution is -0.0265. The van der Waals surface area contributed by atoms with Crippen LogP contribution in [0.25, 0.3) is 0 Å². The molecule has 2 aromatic carbocycles. The van der Waals surface area contributed by atoms with E-state index in [0.717, 1.165) is 26.0 Å². The number of amides is 1. The SMILES string of the molecule is CN=C(NCCNC(=O)c1cccc(OC)c1)NCC1CCCOC1c1ccc(C)cc1.I. The van der Waals surface area contributed by atoms with Crippen LogP contribution in [-0.2, 0) is 4.74 Å². The molecule has 0 saturated carbocycles. The molecule has 3 N–H and O–H groups in total. The fraction of sp³-hybridized carbons (Fsp3) is 0.440. The Bertz CT molecular complexity index is 905. The number of aryl methyl sites for hydroxylation is 1. The van der Waals surface area contributed by atoms with Gasteiger partial charge >= 0.3 is 0 Å². The van der Waals surface area contributed by atoms with Crippen LogP contribution in [-0.4, -0.2) is 52.3 Å². The number of methoxy groups -OCH3 is 1. The molecule has 0 bridgehead atoms. The zero-order valence-corrected chi connectivity index (χ0v) is 21.9. The maximum Gasteiger partial charge on any atom is 0.251 e. The predicted octanol–water partition coefficient (Wildman–Crippen LogP) is 3.68. The van der Waals surface area contributed by atoms with Gasteiger partial charge in [0.2, 0.25) is 0 Å². The van der Waals surface area contributed by atoms with Gasteiger partial charge in [0.05, 0.1) is 13.2 Å². The predicted molar refractivity (Wildman–Crippen MR) is 143 cm³/mol. The van der Waals surface area contributed by atoms with Crippen molar-refractivity contribution in [2.75, 3.05) is 40.4 Å². The molecule has 1 heterocycles. The summed E-state index contributed by atoms with van der Waals surface area (Å²) in [7, 11) is 3.33. The Kier molecular flexibility index (Phi) is 11.5. The van der Waals surface area contributed by atoms with Crippen LogP contribution in [0.4, 0.5) is 0 Å². The lowest BCUT2D eigenvalue weighted by Crippen LogP contribution is -2.44. The summed E-state index contributed by atoms with van der Waals surface area (Å²) in [5.74, 6) is 1.62. The summed E-state index contributed by atoms with van der Waals surface area (Å²) in [4.78, 5) is 16.6. The Morgan fingerprint density at radius 1 is 1.12 bits per heavy atom. The van der Waals surface area contributed by atoms with Crippen LogP contribution in [0.15, 0.2) is 53.5 Å². The minimum Gasteiger partial charge on any atom is -0.497 e. The lowest BCUT2D eigenvalue weighted by atomic mass is 9.89. The second-order valence-electron chi connectivity index (χ2n) is 7.97. The third kappa shape index (κ3) is 8.19. The number of aliphatic imine (C=N–C) groups is 1. The molecule has 2 aromatic rings. The number of rotatable bonds is 8. The summed E-state index contributed by atoms with van der Waals surface area (Å²) in [6.07, 6.45) is 2.27. The van der Waals surface area contributed by atoms with Crippen LogP contribution < -0.4 is 20.7 Å². The second-order valence-corrected chi connectivity index (χ2v) is 7.97. The first-order valence-electron chi connectivity index (χ1n) is 11.2. The van der Waals surface area contributed by atoms with Crippen molar-refractivity contribution in [3.63, 3.8) is 0 Å². The van der Waals surface area contributed by atoms with Crippen molar-refractivity contribution in [1.29, 1.82) is 0 Å². The van der Waals surface area contributed by atoms with Crippen LogP contribution in [0, 0.1) is 12.8 Å². The van der Waals surface area contributed by atoms with Crippen molar-refractivity contribution in [1.82, 2.24) is 16.0 Å². The summed E-state index contributed by atoms with van der Waals surface area (Å²) in [5.41, 5.74) is 3.05. The molecular formula is C25H35IN4O3. The van der Waals surface area contributed by atoms with Gasteiger partial charge in [-0.25, -0.2) is 0 Å². The Balaban J connectivity index is 0.00000385.